The fourth-order valence-corrected chi connectivity index (χ4v) is 3.88. The number of anilines is 1. The number of nitro benzene ring substituents is 1. The monoisotopic (exact) mass is 563 g/mol. The van der Waals surface area contributed by atoms with Crippen molar-refractivity contribution in [3.63, 3.8) is 0 Å². The number of hydrogen-bond donors (Lipinski definition) is 1. The molecule has 1 heterocycles. The Morgan fingerprint density at radius 1 is 1.19 bits per heavy atom. The SMILES string of the molecule is CC(C)c1nc2ccc(Br)cc2c(=O)n1N=Cc1cc([N+](=O)[O-])ccc1OCC(=O)Nc1ccccc1. The van der Waals surface area contributed by atoms with E-state index in [1.807, 2.05) is 19.9 Å². The second kappa shape index (κ2) is 11.1. The number of benzene rings is 3. The van der Waals surface area contributed by atoms with Crippen LogP contribution in [0.5, 0.6) is 5.75 Å². The molecule has 0 saturated heterocycles. The van der Waals surface area contributed by atoms with Crippen molar-refractivity contribution in [3.8, 4) is 5.75 Å². The molecule has 1 aromatic heterocycles. The van der Waals surface area contributed by atoms with Crippen LogP contribution in [0.4, 0.5) is 11.4 Å². The summed E-state index contributed by atoms with van der Waals surface area (Å²) < 4.78 is 7.54. The molecule has 0 aliphatic heterocycles. The van der Waals surface area contributed by atoms with Gasteiger partial charge in [-0.2, -0.15) is 9.78 Å². The molecule has 37 heavy (non-hydrogen) atoms. The van der Waals surface area contributed by atoms with Crippen LogP contribution in [0.2, 0.25) is 0 Å². The first kappa shape index (κ1) is 25.7. The van der Waals surface area contributed by atoms with Crippen molar-refractivity contribution in [2.24, 2.45) is 5.10 Å². The minimum Gasteiger partial charge on any atom is -0.483 e. The number of ether oxygens (including phenoxy) is 1. The number of rotatable bonds is 8. The van der Waals surface area contributed by atoms with Crippen LogP contribution >= 0.6 is 15.9 Å². The third kappa shape index (κ3) is 6.07. The Morgan fingerprint density at radius 3 is 2.65 bits per heavy atom. The number of halogens is 1. The fourth-order valence-electron chi connectivity index (χ4n) is 3.51. The molecule has 4 aromatic rings. The summed E-state index contributed by atoms with van der Waals surface area (Å²) >= 11 is 3.37. The van der Waals surface area contributed by atoms with Crippen LogP contribution in [0.15, 0.2) is 81.1 Å². The Kier molecular flexibility index (Phi) is 7.73. The van der Waals surface area contributed by atoms with E-state index in [9.17, 15) is 19.7 Å². The fraction of sp³-hybridized carbons (Fsp3) is 0.154. The second-order valence-electron chi connectivity index (χ2n) is 8.33. The van der Waals surface area contributed by atoms with Crippen molar-refractivity contribution in [2.45, 2.75) is 19.8 Å². The van der Waals surface area contributed by atoms with Crippen LogP contribution in [0.25, 0.3) is 10.9 Å². The van der Waals surface area contributed by atoms with Crippen molar-refractivity contribution < 1.29 is 14.5 Å². The van der Waals surface area contributed by atoms with Crippen LogP contribution in [-0.4, -0.2) is 33.3 Å². The first-order valence-electron chi connectivity index (χ1n) is 11.3. The van der Waals surface area contributed by atoms with E-state index in [-0.39, 0.29) is 35.1 Å². The number of nitro groups is 1. The minimum absolute atomic E-state index is 0.139. The maximum atomic E-state index is 13.3. The van der Waals surface area contributed by atoms with E-state index < -0.39 is 10.8 Å². The summed E-state index contributed by atoms with van der Waals surface area (Å²) in [6.45, 7) is 3.42. The van der Waals surface area contributed by atoms with Crippen LogP contribution in [0.3, 0.4) is 0 Å². The van der Waals surface area contributed by atoms with E-state index in [2.05, 4.69) is 31.3 Å². The van der Waals surface area contributed by atoms with E-state index in [1.54, 1.807) is 42.5 Å². The summed E-state index contributed by atoms with van der Waals surface area (Å²) in [7, 11) is 0. The number of para-hydroxylation sites is 1. The van der Waals surface area contributed by atoms with Gasteiger partial charge >= 0.3 is 0 Å². The van der Waals surface area contributed by atoms with Gasteiger partial charge in [0.15, 0.2) is 6.61 Å². The van der Waals surface area contributed by atoms with Gasteiger partial charge in [0.25, 0.3) is 17.2 Å². The quantitative estimate of drug-likeness (QED) is 0.180. The first-order valence-corrected chi connectivity index (χ1v) is 12.0. The van der Waals surface area contributed by atoms with Crippen molar-refractivity contribution in [2.75, 3.05) is 11.9 Å². The second-order valence-corrected chi connectivity index (χ2v) is 9.25. The maximum absolute atomic E-state index is 13.3. The summed E-state index contributed by atoms with van der Waals surface area (Å²) in [5, 5.41) is 18.8. The zero-order valence-electron chi connectivity index (χ0n) is 19.9. The highest BCUT2D eigenvalue weighted by atomic mass is 79.9. The normalized spacial score (nSPS) is 11.2. The molecule has 1 N–H and O–H groups in total. The zero-order chi connectivity index (χ0) is 26.5. The topological polar surface area (TPSA) is 129 Å². The summed E-state index contributed by atoms with van der Waals surface area (Å²) in [5.74, 6) is 0.0647. The lowest BCUT2D eigenvalue weighted by Gasteiger charge is -2.12. The van der Waals surface area contributed by atoms with E-state index in [0.717, 1.165) is 4.47 Å². The lowest BCUT2D eigenvalue weighted by atomic mass is 10.2. The molecule has 4 rings (SSSR count). The molecular weight excluding hydrogens is 542 g/mol. The molecule has 3 aromatic carbocycles. The number of non-ortho nitro benzene ring substituents is 1. The molecule has 0 unspecified atom stereocenters. The number of fused-ring (bicyclic) bond motifs is 1. The van der Waals surface area contributed by atoms with E-state index in [0.29, 0.717) is 22.4 Å². The van der Waals surface area contributed by atoms with Crippen molar-refractivity contribution in [1.82, 2.24) is 9.66 Å². The molecule has 0 fully saturated rings. The molecule has 0 bridgehead atoms. The number of hydrogen-bond acceptors (Lipinski definition) is 7. The average Bonchev–Trinajstić information content (AvgIpc) is 2.87. The van der Waals surface area contributed by atoms with Crippen LogP contribution in [0.1, 0.15) is 31.2 Å². The Bertz CT molecular complexity index is 1570. The lowest BCUT2D eigenvalue weighted by Crippen LogP contribution is -2.23. The van der Waals surface area contributed by atoms with E-state index in [4.69, 9.17) is 4.74 Å². The summed E-state index contributed by atoms with van der Waals surface area (Å²) in [6.07, 6.45) is 1.29. The van der Waals surface area contributed by atoms with E-state index in [1.165, 1.54) is 29.1 Å². The number of carbonyl (C=O) groups is 1. The molecule has 10 nitrogen and oxygen atoms in total. The van der Waals surface area contributed by atoms with Gasteiger partial charge in [-0.3, -0.25) is 19.7 Å². The molecule has 1 amide bonds. The molecule has 0 atom stereocenters. The first-order chi connectivity index (χ1) is 17.7. The van der Waals surface area contributed by atoms with Gasteiger partial charge in [0, 0.05) is 33.8 Å². The van der Waals surface area contributed by atoms with Gasteiger partial charge in [-0.1, -0.05) is 48.0 Å². The zero-order valence-corrected chi connectivity index (χ0v) is 21.5. The Balaban J connectivity index is 1.68. The maximum Gasteiger partial charge on any atom is 0.282 e. The van der Waals surface area contributed by atoms with Crippen molar-refractivity contribution in [3.05, 3.63) is 103 Å². The number of aromatic nitrogens is 2. The number of nitrogens with zero attached hydrogens (tertiary/aromatic N) is 4. The van der Waals surface area contributed by atoms with Gasteiger partial charge < -0.3 is 10.1 Å². The van der Waals surface area contributed by atoms with Crippen molar-refractivity contribution in [1.29, 1.82) is 0 Å². The summed E-state index contributed by atoms with van der Waals surface area (Å²) in [5.41, 5.74) is 0.781. The Labute approximate surface area is 219 Å². The van der Waals surface area contributed by atoms with Crippen molar-refractivity contribution >= 4 is 50.3 Å². The molecule has 0 radical (unpaired) electrons. The predicted octanol–water partition coefficient (Wildman–Crippen LogP) is 5.09. The van der Waals surface area contributed by atoms with Gasteiger partial charge in [-0.05, 0) is 36.4 Å². The average molecular weight is 564 g/mol. The van der Waals surface area contributed by atoms with Gasteiger partial charge in [0.2, 0.25) is 0 Å². The molecule has 0 aliphatic carbocycles. The minimum atomic E-state index is -0.552. The van der Waals surface area contributed by atoms with Crippen LogP contribution in [0, 0.1) is 10.1 Å². The molecule has 11 heteroatoms. The largest absolute Gasteiger partial charge is 0.483 e. The smallest absolute Gasteiger partial charge is 0.282 e. The number of carbonyl (C=O) groups excluding carboxylic acids is 1. The van der Waals surface area contributed by atoms with E-state index >= 15 is 0 Å². The highest BCUT2D eigenvalue weighted by Gasteiger charge is 2.16. The highest BCUT2D eigenvalue weighted by Crippen LogP contribution is 2.24. The van der Waals surface area contributed by atoms with Crippen LogP contribution < -0.4 is 15.6 Å². The highest BCUT2D eigenvalue weighted by molar-refractivity contribution is 9.10. The number of amides is 1. The van der Waals surface area contributed by atoms with Gasteiger partial charge in [-0.25, -0.2) is 4.98 Å². The summed E-state index contributed by atoms with van der Waals surface area (Å²) in [6, 6.07) is 18.0. The molecule has 188 valence electrons. The third-order valence-electron chi connectivity index (χ3n) is 5.28. The standard InChI is InChI=1S/C26H22BrN5O5/c1-16(2)25-30-22-10-8-18(27)13-21(22)26(34)31(25)28-14-17-12-20(32(35)36)9-11-23(17)37-15-24(33)29-19-6-4-3-5-7-19/h3-14,16H,15H2,1-2H3,(H,29,33). The van der Waals surface area contributed by atoms with Crippen LogP contribution in [-0.2, 0) is 4.79 Å². The van der Waals surface area contributed by atoms with Gasteiger partial charge in [0.05, 0.1) is 22.0 Å². The van der Waals surface area contributed by atoms with Gasteiger partial charge in [0.1, 0.15) is 11.6 Å². The Hall–Kier alpha value is -4.38. The molecule has 0 spiro atoms. The molecule has 0 saturated carbocycles. The lowest BCUT2D eigenvalue weighted by molar-refractivity contribution is -0.384. The predicted molar refractivity (Wildman–Crippen MR) is 144 cm³/mol. The third-order valence-corrected chi connectivity index (χ3v) is 5.78. The molecule has 0 aliphatic rings. The summed E-state index contributed by atoms with van der Waals surface area (Å²) in [4.78, 5) is 41.0. The number of nitrogens with one attached hydrogen (secondary N) is 1. The van der Waals surface area contributed by atoms with Gasteiger partial charge in [-0.15, -0.1) is 0 Å². The Morgan fingerprint density at radius 2 is 1.95 bits per heavy atom. The molecular formula is C26H22BrN5O5.